The molecule has 0 aliphatic carbocycles. The zero-order valence-electron chi connectivity index (χ0n) is 21.1. The second kappa shape index (κ2) is 11.2. The maximum Gasteiger partial charge on any atom is 0.123 e. The maximum atomic E-state index is 13.1. The Morgan fingerprint density at radius 3 is 2.20 bits per heavy atom. The summed E-state index contributed by atoms with van der Waals surface area (Å²) in [6.45, 7) is 8.83. The first-order valence-corrected chi connectivity index (χ1v) is 12.5. The Balaban J connectivity index is 1.23. The van der Waals surface area contributed by atoms with Crippen molar-refractivity contribution in [2.45, 2.75) is 52.1 Å². The highest BCUT2D eigenvalue weighted by molar-refractivity contribution is 5.60. The minimum atomic E-state index is -0.533. The Bertz CT molecular complexity index is 1120. The number of anilines is 1. The topological polar surface area (TPSA) is 58.7 Å². The van der Waals surface area contributed by atoms with E-state index in [1.54, 1.807) is 0 Å². The van der Waals surface area contributed by atoms with Crippen LogP contribution in [0.4, 0.5) is 10.1 Å². The molecule has 1 aliphatic rings. The standard InChI is InChI=1S/C30H37FN2O2/c1-20-16-29(21(2)22(3)30(20)32)35-19-28(34)18-33-14-12-26(13-15-33)25-8-4-23(5-9-25)17-24-6-10-27(31)11-7-24/h4-11,16,26,28,34H,12-15,17-19,32H2,1-3H3. The van der Waals surface area contributed by atoms with E-state index in [9.17, 15) is 9.50 Å². The van der Waals surface area contributed by atoms with Crippen LogP contribution in [0.15, 0.2) is 54.6 Å². The lowest BCUT2D eigenvalue weighted by Gasteiger charge is -2.33. The van der Waals surface area contributed by atoms with Gasteiger partial charge in [0.15, 0.2) is 0 Å². The van der Waals surface area contributed by atoms with Crippen molar-refractivity contribution >= 4 is 5.69 Å². The van der Waals surface area contributed by atoms with Crippen LogP contribution >= 0.6 is 0 Å². The number of aliphatic hydroxyl groups excluding tert-OH is 1. The fourth-order valence-electron chi connectivity index (χ4n) is 4.95. The summed E-state index contributed by atoms with van der Waals surface area (Å²) in [5, 5.41) is 10.6. The Morgan fingerprint density at radius 2 is 1.57 bits per heavy atom. The molecule has 4 nitrogen and oxygen atoms in total. The summed E-state index contributed by atoms with van der Waals surface area (Å²) in [5.74, 6) is 1.15. The van der Waals surface area contributed by atoms with Gasteiger partial charge in [-0.25, -0.2) is 4.39 Å². The van der Waals surface area contributed by atoms with Crippen LogP contribution in [0.1, 0.15) is 52.1 Å². The largest absolute Gasteiger partial charge is 0.491 e. The molecule has 186 valence electrons. The number of β-amino-alcohol motifs (C(OH)–C–C–N with tert-alkyl or cyclic N) is 1. The molecule has 0 radical (unpaired) electrons. The molecule has 3 aromatic rings. The Labute approximate surface area is 208 Å². The molecule has 1 aliphatic heterocycles. The molecule has 1 heterocycles. The van der Waals surface area contributed by atoms with Crippen LogP contribution in [-0.4, -0.2) is 42.4 Å². The molecule has 0 bridgehead atoms. The SMILES string of the molecule is Cc1cc(OCC(O)CN2CCC(c3ccc(Cc4ccc(F)cc4)cc3)CC2)c(C)c(C)c1N. The lowest BCUT2D eigenvalue weighted by atomic mass is 9.88. The van der Waals surface area contributed by atoms with Crippen LogP contribution in [0.3, 0.4) is 0 Å². The number of benzene rings is 3. The van der Waals surface area contributed by atoms with Gasteiger partial charge >= 0.3 is 0 Å². The molecule has 3 aromatic carbocycles. The lowest BCUT2D eigenvalue weighted by Crippen LogP contribution is -2.40. The molecule has 1 unspecified atom stereocenters. The summed E-state index contributed by atoms with van der Waals surface area (Å²) in [4.78, 5) is 2.33. The molecule has 1 atom stereocenters. The fraction of sp³-hybridized carbons (Fsp3) is 0.400. The van der Waals surface area contributed by atoms with Gasteiger partial charge in [0.25, 0.3) is 0 Å². The quantitative estimate of drug-likeness (QED) is 0.419. The van der Waals surface area contributed by atoms with Gasteiger partial charge in [-0.3, -0.25) is 0 Å². The molecule has 0 amide bonds. The van der Waals surface area contributed by atoms with Crippen molar-refractivity contribution in [1.82, 2.24) is 4.90 Å². The predicted octanol–water partition coefficient (Wildman–Crippen LogP) is 5.54. The van der Waals surface area contributed by atoms with Crippen molar-refractivity contribution in [2.75, 3.05) is 32.0 Å². The first-order valence-electron chi connectivity index (χ1n) is 12.5. The number of nitrogen functional groups attached to an aromatic ring is 1. The smallest absolute Gasteiger partial charge is 0.123 e. The van der Waals surface area contributed by atoms with Crippen LogP contribution in [0, 0.1) is 26.6 Å². The number of aryl methyl sites for hydroxylation is 1. The molecule has 0 spiro atoms. The number of nitrogens with two attached hydrogens (primary N) is 1. The van der Waals surface area contributed by atoms with Crippen molar-refractivity contribution in [3.63, 3.8) is 0 Å². The van der Waals surface area contributed by atoms with Gasteiger partial charge in [0.05, 0.1) is 0 Å². The zero-order valence-corrected chi connectivity index (χ0v) is 21.1. The summed E-state index contributed by atoms with van der Waals surface area (Å²) in [5.41, 5.74) is 13.7. The van der Waals surface area contributed by atoms with E-state index >= 15 is 0 Å². The van der Waals surface area contributed by atoms with Crippen LogP contribution < -0.4 is 10.5 Å². The first kappa shape index (κ1) is 25.2. The summed E-state index contributed by atoms with van der Waals surface area (Å²) in [7, 11) is 0. The van der Waals surface area contributed by atoms with Gasteiger partial charge in [-0.15, -0.1) is 0 Å². The third kappa shape index (κ3) is 6.41. The molecule has 3 N–H and O–H groups in total. The van der Waals surface area contributed by atoms with E-state index in [-0.39, 0.29) is 12.4 Å². The van der Waals surface area contributed by atoms with E-state index in [0.717, 1.165) is 66.0 Å². The van der Waals surface area contributed by atoms with Crippen molar-refractivity contribution in [3.05, 3.63) is 93.8 Å². The summed E-state index contributed by atoms with van der Waals surface area (Å²) in [6.07, 6.45) is 2.45. The average molecular weight is 477 g/mol. The number of rotatable bonds is 8. The zero-order chi connectivity index (χ0) is 24.9. The first-order chi connectivity index (χ1) is 16.8. The molecule has 0 saturated carbocycles. The Morgan fingerprint density at radius 1 is 0.971 bits per heavy atom. The number of likely N-dealkylation sites (tertiary alicyclic amines) is 1. The van der Waals surface area contributed by atoms with E-state index in [1.165, 1.54) is 23.3 Å². The number of ether oxygens (including phenoxy) is 1. The summed E-state index contributed by atoms with van der Waals surface area (Å²) < 4.78 is 19.1. The molecular formula is C30H37FN2O2. The third-order valence-electron chi connectivity index (χ3n) is 7.37. The van der Waals surface area contributed by atoms with Crippen LogP contribution in [0.2, 0.25) is 0 Å². The monoisotopic (exact) mass is 476 g/mol. The second-order valence-electron chi connectivity index (χ2n) is 9.94. The fourth-order valence-corrected chi connectivity index (χ4v) is 4.95. The number of nitrogens with zero attached hydrogens (tertiary/aromatic N) is 1. The molecule has 35 heavy (non-hydrogen) atoms. The number of hydrogen-bond donors (Lipinski definition) is 2. The highest BCUT2D eigenvalue weighted by Crippen LogP contribution is 2.30. The van der Waals surface area contributed by atoms with Gasteiger partial charge in [0.1, 0.15) is 24.3 Å². The van der Waals surface area contributed by atoms with Gasteiger partial charge < -0.3 is 20.5 Å². The molecule has 1 saturated heterocycles. The second-order valence-corrected chi connectivity index (χ2v) is 9.94. The highest BCUT2D eigenvalue weighted by atomic mass is 19.1. The van der Waals surface area contributed by atoms with Crippen molar-refractivity contribution in [3.8, 4) is 5.75 Å². The average Bonchev–Trinajstić information content (AvgIpc) is 2.86. The van der Waals surface area contributed by atoms with Crippen molar-refractivity contribution in [1.29, 1.82) is 0 Å². The van der Waals surface area contributed by atoms with Crippen molar-refractivity contribution < 1.29 is 14.2 Å². The number of piperidine rings is 1. The normalized spacial score (nSPS) is 15.8. The van der Waals surface area contributed by atoms with Gasteiger partial charge in [0.2, 0.25) is 0 Å². The summed E-state index contributed by atoms with van der Waals surface area (Å²) >= 11 is 0. The highest BCUT2D eigenvalue weighted by Gasteiger charge is 2.22. The number of aliphatic hydroxyl groups is 1. The number of halogens is 1. The minimum Gasteiger partial charge on any atom is -0.491 e. The predicted molar refractivity (Wildman–Crippen MR) is 141 cm³/mol. The molecular weight excluding hydrogens is 439 g/mol. The van der Waals surface area contributed by atoms with Crippen LogP contribution in [0.5, 0.6) is 5.75 Å². The summed E-state index contributed by atoms with van der Waals surface area (Å²) in [6, 6.07) is 17.5. The van der Waals surface area contributed by atoms with Gasteiger partial charge in [-0.05, 0) is 111 Å². The van der Waals surface area contributed by atoms with E-state index in [0.29, 0.717) is 12.5 Å². The molecule has 0 aromatic heterocycles. The van der Waals surface area contributed by atoms with Crippen LogP contribution in [0.25, 0.3) is 0 Å². The molecule has 5 heteroatoms. The third-order valence-corrected chi connectivity index (χ3v) is 7.37. The minimum absolute atomic E-state index is 0.197. The van der Waals surface area contributed by atoms with Crippen LogP contribution in [-0.2, 0) is 6.42 Å². The lowest BCUT2D eigenvalue weighted by molar-refractivity contribution is 0.0592. The number of hydrogen-bond acceptors (Lipinski definition) is 4. The van der Waals surface area contributed by atoms with Gasteiger partial charge in [0, 0.05) is 12.2 Å². The maximum absolute atomic E-state index is 13.1. The Hall–Kier alpha value is -2.89. The van der Waals surface area contributed by atoms with E-state index in [1.807, 2.05) is 39.0 Å². The van der Waals surface area contributed by atoms with Crippen molar-refractivity contribution in [2.24, 2.45) is 0 Å². The molecule has 1 fully saturated rings. The molecule has 4 rings (SSSR count). The Kier molecular flexibility index (Phi) is 8.09. The van der Waals surface area contributed by atoms with Gasteiger partial charge in [-0.1, -0.05) is 36.4 Å². The van der Waals surface area contributed by atoms with E-state index < -0.39 is 6.10 Å². The van der Waals surface area contributed by atoms with E-state index in [4.69, 9.17) is 10.5 Å². The van der Waals surface area contributed by atoms with Gasteiger partial charge in [-0.2, -0.15) is 0 Å². The van der Waals surface area contributed by atoms with E-state index in [2.05, 4.69) is 29.2 Å².